The molecule has 1 aromatic rings. The molecule has 0 aromatic carbocycles. The molecule has 0 spiro atoms. The van der Waals surface area contributed by atoms with Crippen molar-refractivity contribution >= 4 is 15.9 Å². The fourth-order valence-electron chi connectivity index (χ4n) is 0.797. The number of methoxy groups -OCH3 is 1. The van der Waals surface area contributed by atoms with Crippen molar-refractivity contribution in [3.8, 4) is 0 Å². The van der Waals surface area contributed by atoms with Gasteiger partial charge in [0.2, 0.25) is 0 Å². The van der Waals surface area contributed by atoms with Crippen LogP contribution in [-0.4, -0.2) is 23.5 Å². The summed E-state index contributed by atoms with van der Waals surface area (Å²) in [7, 11) is 1.68. The van der Waals surface area contributed by atoms with Gasteiger partial charge >= 0.3 is 0 Å². The summed E-state index contributed by atoms with van der Waals surface area (Å²) in [6.07, 6.45) is 1.83. The average molecular weight is 219 g/mol. The summed E-state index contributed by atoms with van der Waals surface area (Å²) in [6, 6.07) is 0. The minimum absolute atomic E-state index is 0.694. The first-order valence-corrected chi connectivity index (χ1v) is 4.22. The highest BCUT2D eigenvalue weighted by Crippen LogP contribution is 2.13. The molecule has 1 aromatic heterocycles. The second-order valence-electron chi connectivity index (χ2n) is 2.33. The monoisotopic (exact) mass is 218 g/mol. The van der Waals surface area contributed by atoms with E-state index in [1.54, 1.807) is 7.11 Å². The number of hydrogen-bond donors (Lipinski definition) is 0. The number of aryl methyl sites for hydroxylation is 1. The van der Waals surface area contributed by atoms with Crippen LogP contribution in [-0.2, 0) is 11.3 Å². The van der Waals surface area contributed by atoms with Crippen molar-refractivity contribution in [2.45, 2.75) is 13.5 Å². The van der Waals surface area contributed by atoms with Gasteiger partial charge in [-0.05, 0) is 22.9 Å². The predicted molar refractivity (Wildman–Crippen MR) is 46.5 cm³/mol. The van der Waals surface area contributed by atoms with Gasteiger partial charge in [-0.2, -0.15) is 5.10 Å². The van der Waals surface area contributed by atoms with Crippen LogP contribution in [0.4, 0.5) is 0 Å². The van der Waals surface area contributed by atoms with Crippen LogP contribution in [0.15, 0.2) is 10.8 Å². The van der Waals surface area contributed by atoms with E-state index in [0.717, 1.165) is 16.7 Å². The number of ether oxygens (including phenoxy) is 1. The van der Waals surface area contributed by atoms with Gasteiger partial charge in [0.1, 0.15) is 4.60 Å². The second kappa shape index (κ2) is 3.88. The molecule has 0 aliphatic carbocycles. The fraction of sp³-hybridized carbons (Fsp3) is 0.571. The molecule has 0 radical (unpaired) electrons. The van der Waals surface area contributed by atoms with Gasteiger partial charge in [-0.1, -0.05) is 0 Å². The number of nitrogens with zero attached hydrogens (tertiary/aromatic N) is 2. The molecule has 4 heteroatoms. The van der Waals surface area contributed by atoms with Gasteiger partial charge in [0.25, 0.3) is 0 Å². The minimum atomic E-state index is 0.694. The van der Waals surface area contributed by atoms with Gasteiger partial charge in [-0.25, -0.2) is 0 Å². The molecule has 0 bridgehead atoms. The minimum Gasteiger partial charge on any atom is -0.383 e. The van der Waals surface area contributed by atoms with E-state index in [4.69, 9.17) is 4.74 Å². The zero-order valence-corrected chi connectivity index (χ0v) is 8.26. The molecule has 62 valence electrons. The van der Waals surface area contributed by atoms with Crippen molar-refractivity contribution in [1.82, 2.24) is 9.78 Å². The lowest BCUT2D eigenvalue weighted by Crippen LogP contribution is -2.05. The number of halogens is 1. The lowest BCUT2D eigenvalue weighted by atomic mass is 10.4. The predicted octanol–water partition coefficient (Wildman–Crippen LogP) is 1.60. The quantitative estimate of drug-likeness (QED) is 0.771. The number of hydrogen-bond acceptors (Lipinski definition) is 2. The first-order chi connectivity index (χ1) is 5.25. The summed E-state index contributed by atoms with van der Waals surface area (Å²) in [6.45, 7) is 3.50. The highest BCUT2D eigenvalue weighted by atomic mass is 79.9. The zero-order chi connectivity index (χ0) is 8.27. The Labute approximate surface area is 74.5 Å². The van der Waals surface area contributed by atoms with E-state index in [9.17, 15) is 0 Å². The standard InChI is InChI=1S/C7H11BrN2O/c1-6-5-9-10(7(6)8)3-4-11-2/h5H,3-4H2,1-2H3. The molecule has 0 saturated carbocycles. The molecule has 11 heavy (non-hydrogen) atoms. The Morgan fingerprint density at radius 3 is 2.91 bits per heavy atom. The van der Waals surface area contributed by atoms with Gasteiger partial charge in [-0.3, -0.25) is 4.68 Å². The zero-order valence-electron chi connectivity index (χ0n) is 6.67. The Balaban J connectivity index is 2.63. The maximum Gasteiger partial charge on any atom is 0.107 e. The topological polar surface area (TPSA) is 27.1 Å². The molecular formula is C7H11BrN2O. The molecule has 0 unspecified atom stereocenters. The normalized spacial score (nSPS) is 10.5. The molecule has 0 aliphatic rings. The molecule has 0 N–H and O–H groups in total. The molecule has 1 rings (SSSR count). The van der Waals surface area contributed by atoms with Crippen LogP contribution in [0.25, 0.3) is 0 Å². The van der Waals surface area contributed by atoms with E-state index < -0.39 is 0 Å². The maximum atomic E-state index is 4.93. The SMILES string of the molecule is COCCn1ncc(C)c1Br. The largest absolute Gasteiger partial charge is 0.383 e. The molecule has 0 saturated heterocycles. The van der Waals surface area contributed by atoms with Crippen molar-refractivity contribution < 1.29 is 4.74 Å². The molecule has 1 heterocycles. The van der Waals surface area contributed by atoms with E-state index in [-0.39, 0.29) is 0 Å². The third-order valence-electron chi connectivity index (χ3n) is 1.45. The van der Waals surface area contributed by atoms with Crippen LogP contribution >= 0.6 is 15.9 Å². The van der Waals surface area contributed by atoms with Crippen molar-refractivity contribution in [2.75, 3.05) is 13.7 Å². The van der Waals surface area contributed by atoms with Crippen molar-refractivity contribution in [1.29, 1.82) is 0 Å². The van der Waals surface area contributed by atoms with E-state index in [1.165, 1.54) is 0 Å². The van der Waals surface area contributed by atoms with Crippen LogP contribution in [0.1, 0.15) is 5.56 Å². The van der Waals surface area contributed by atoms with Gasteiger partial charge in [0, 0.05) is 12.7 Å². The highest BCUT2D eigenvalue weighted by molar-refractivity contribution is 9.10. The molecular weight excluding hydrogens is 208 g/mol. The van der Waals surface area contributed by atoms with Crippen LogP contribution in [0, 0.1) is 6.92 Å². The summed E-state index contributed by atoms with van der Waals surface area (Å²) in [5.41, 5.74) is 1.15. The van der Waals surface area contributed by atoms with E-state index in [0.29, 0.717) is 6.61 Å². The molecule has 0 amide bonds. The van der Waals surface area contributed by atoms with Gasteiger partial charge in [0.15, 0.2) is 0 Å². The lowest BCUT2D eigenvalue weighted by molar-refractivity contribution is 0.183. The van der Waals surface area contributed by atoms with Crippen LogP contribution in [0.5, 0.6) is 0 Å². The second-order valence-corrected chi connectivity index (χ2v) is 3.09. The molecule has 0 atom stereocenters. The first-order valence-electron chi connectivity index (χ1n) is 3.42. The van der Waals surface area contributed by atoms with E-state index in [1.807, 2.05) is 17.8 Å². The Hall–Kier alpha value is -0.350. The summed E-state index contributed by atoms with van der Waals surface area (Å²) >= 11 is 3.43. The highest BCUT2D eigenvalue weighted by Gasteiger charge is 2.01. The van der Waals surface area contributed by atoms with Crippen LogP contribution < -0.4 is 0 Å². The molecule has 3 nitrogen and oxygen atoms in total. The Morgan fingerprint density at radius 2 is 2.45 bits per heavy atom. The number of aromatic nitrogens is 2. The summed E-state index contributed by atoms with van der Waals surface area (Å²) in [5.74, 6) is 0. The third-order valence-corrected chi connectivity index (χ3v) is 2.48. The fourth-order valence-corrected chi connectivity index (χ4v) is 1.17. The number of rotatable bonds is 3. The summed E-state index contributed by atoms with van der Waals surface area (Å²) < 4.78 is 7.84. The van der Waals surface area contributed by atoms with E-state index in [2.05, 4.69) is 21.0 Å². The van der Waals surface area contributed by atoms with Crippen LogP contribution in [0.2, 0.25) is 0 Å². The smallest absolute Gasteiger partial charge is 0.107 e. The van der Waals surface area contributed by atoms with E-state index >= 15 is 0 Å². The Morgan fingerprint density at radius 1 is 1.73 bits per heavy atom. The van der Waals surface area contributed by atoms with Crippen LogP contribution in [0.3, 0.4) is 0 Å². The third kappa shape index (κ3) is 2.04. The van der Waals surface area contributed by atoms with Gasteiger partial charge < -0.3 is 4.74 Å². The van der Waals surface area contributed by atoms with Crippen molar-refractivity contribution in [3.05, 3.63) is 16.4 Å². The molecule has 0 aliphatic heterocycles. The maximum absolute atomic E-state index is 4.93. The first kappa shape index (κ1) is 8.74. The Kier molecular flexibility index (Phi) is 3.08. The van der Waals surface area contributed by atoms with Gasteiger partial charge in [0.05, 0.1) is 19.3 Å². The van der Waals surface area contributed by atoms with Crippen molar-refractivity contribution in [2.24, 2.45) is 0 Å². The van der Waals surface area contributed by atoms with Gasteiger partial charge in [-0.15, -0.1) is 0 Å². The lowest BCUT2D eigenvalue weighted by Gasteiger charge is -2.01. The summed E-state index contributed by atoms with van der Waals surface area (Å²) in [5, 5.41) is 4.14. The Bertz CT molecular complexity index is 234. The average Bonchev–Trinajstić information content (AvgIpc) is 2.31. The summed E-state index contributed by atoms with van der Waals surface area (Å²) in [4.78, 5) is 0. The molecule has 0 fully saturated rings. The van der Waals surface area contributed by atoms with Crippen molar-refractivity contribution in [3.63, 3.8) is 0 Å².